The number of pyridine rings is 1. The maximum absolute atomic E-state index is 13.5. The minimum atomic E-state index is -0.181. The molecule has 2 fully saturated rings. The maximum atomic E-state index is 13.5. The van der Waals surface area contributed by atoms with Gasteiger partial charge in [-0.25, -0.2) is 4.39 Å². The normalized spacial score (nSPS) is 17.8. The number of hydrogen-bond acceptors (Lipinski definition) is 5. The van der Waals surface area contributed by atoms with Crippen molar-refractivity contribution < 1.29 is 9.18 Å². The second-order valence-corrected chi connectivity index (χ2v) is 9.73. The minimum Gasteiger partial charge on any atom is -0.371 e. The molecule has 0 aliphatic carbocycles. The van der Waals surface area contributed by atoms with E-state index in [-0.39, 0.29) is 17.8 Å². The highest BCUT2D eigenvalue weighted by atomic mass is 19.1. The van der Waals surface area contributed by atoms with Gasteiger partial charge in [0.15, 0.2) is 0 Å². The molecule has 2 saturated heterocycles. The smallest absolute Gasteiger partial charge is 0.257 e. The van der Waals surface area contributed by atoms with E-state index in [1.807, 2.05) is 30.3 Å². The molecule has 36 heavy (non-hydrogen) atoms. The summed E-state index contributed by atoms with van der Waals surface area (Å²) < 4.78 is 13.5. The summed E-state index contributed by atoms with van der Waals surface area (Å²) in [6.07, 6.45) is 7.81. The Bertz CT molecular complexity index is 1130. The number of aromatic nitrogens is 1. The first kappa shape index (κ1) is 24.4. The molecule has 6 nitrogen and oxygen atoms in total. The van der Waals surface area contributed by atoms with Crippen LogP contribution in [-0.2, 0) is 0 Å². The van der Waals surface area contributed by atoms with E-state index in [0.717, 1.165) is 56.9 Å². The molecule has 1 atom stereocenters. The van der Waals surface area contributed by atoms with Crippen molar-refractivity contribution in [3.05, 3.63) is 90.0 Å². The van der Waals surface area contributed by atoms with Crippen LogP contribution in [0, 0.1) is 5.82 Å². The van der Waals surface area contributed by atoms with Crippen LogP contribution in [-0.4, -0.2) is 54.6 Å². The average molecular weight is 488 g/mol. The molecule has 1 amide bonds. The van der Waals surface area contributed by atoms with E-state index >= 15 is 0 Å². The number of hydrogen-bond donors (Lipinski definition) is 2. The predicted molar refractivity (Wildman–Crippen MR) is 142 cm³/mol. The molecule has 0 radical (unpaired) electrons. The van der Waals surface area contributed by atoms with Crippen LogP contribution in [0.25, 0.3) is 0 Å². The molecule has 0 spiro atoms. The van der Waals surface area contributed by atoms with Crippen molar-refractivity contribution >= 4 is 17.3 Å². The van der Waals surface area contributed by atoms with Gasteiger partial charge in [-0.3, -0.25) is 14.7 Å². The number of carbonyl (C=O) groups is 1. The van der Waals surface area contributed by atoms with Gasteiger partial charge in [0.2, 0.25) is 0 Å². The van der Waals surface area contributed by atoms with Gasteiger partial charge in [-0.2, -0.15) is 0 Å². The van der Waals surface area contributed by atoms with Crippen LogP contribution in [0.2, 0.25) is 0 Å². The Kier molecular flexibility index (Phi) is 7.88. The molecule has 188 valence electrons. The molecule has 2 aliphatic rings. The number of nitrogens with zero attached hydrogens (tertiary/aromatic N) is 3. The average Bonchev–Trinajstić information content (AvgIpc) is 3.46. The quantitative estimate of drug-likeness (QED) is 0.475. The lowest BCUT2D eigenvalue weighted by Crippen LogP contribution is -2.45. The van der Waals surface area contributed by atoms with Crippen LogP contribution in [0.1, 0.15) is 47.6 Å². The van der Waals surface area contributed by atoms with E-state index in [1.54, 1.807) is 36.7 Å². The van der Waals surface area contributed by atoms with Crippen LogP contribution in [0.3, 0.4) is 0 Å². The zero-order chi connectivity index (χ0) is 24.7. The van der Waals surface area contributed by atoms with Crippen LogP contribution in [0.5, 0.6) is 0 Å². The second kappa shape index (κ2) is 11.6. The number of anilines is 2. The molecule has 2 aliphatic heterocycles. The number of benzene rings is 2. The van der Waals surface area contributed by atoms with E-state index in [1.165, 1.54) is 18.4 Å². The lowest BCUT2D eigenvalue weighted by atomic mass is 10.0. The minimum absolute atomic E-state index is 0.156. The van der Waals surface area contributed by atoms with Crippen molar-refractivity contribution in [2.24, 2.45) is 0 Å². The second-order valence-electron chi connectivity index (χ2n) is 9.73. The number of likely N-dealkylation sites (tertiary alicyclic amines) is 1. The van der Waals surface area contributed by atoms with Gasteiger partial charge in [0.25, 0.3) is 5.91 Å². The molecule has 3 heterocycles. The Morgan fingerprint density at radius 2 is 1.78 bits per heavy atom. The fraction of sp³-hybridized carbons (Fsp3) is 0.379. The molecule has 0 bridgehead atoms. The maximum Gasteiger partial charge on any atom is 0.257 e. The number of amides is 1. The number of halogens is 1. The monoisotopic (exact) mass is 487 g/mol. The van der Waals surface area contributed by atoms with Crippen molar-refractivity contribution in [1.82, 2.24) is 15.2 Å². The molecule has 7 heteroatoms. The van der Waals surface area contributed by atoms with Gasteiger partial charge in [0.05, 0.1) is 5.56 Å². The molecular weight excluding hydrogens is 453 g/mol. The Labute approximate surface area is 212 Å². The Morgan fingerprint density at radius 1 is 1.00 bits per heavy atom. The topological polar surface area (TPSA) is 60.5 Å². The van der Waals surface area contributed by atoms with Crippen LogP contribution in [0.4, 0.5) is 15.8 Å². The summed E-state index contributed by atoms with van der Waals surface area (Å²) in [7, 11) is 0. The van der Waals surface area contributed by atoms with Gasteiger partial charge in [-0.1, -0.05) is 18.2 Å². The molecule has 2 N–H and O–H groups in total. The van der Waals surface area contributed by atoms with Crippen molar-refractivity contribution in [2.45, 2.75) is 37.8 Å². The summed E-state index contributed by atoms with van der Waals surface area (Å²) in [6, 6.07) is 19.3. The number of piperidine rings is 1. The van der Waals surface area contributed by atoms with Crippen molar-refractivity contribution in [2.75, 3.05) is 42.9 Å². The highest BCUT2D eigenvalue weighted by Gasteiger charge is 2.26. The standard InChI is InChI=1S/C29H34FN5O/c30-24-10-8-22(9-11-24)28(35-15-1-2-16-35)21-32-25-12-17-34(18-13-25)27-7-3-6-26(19-27)33-29(36)23-5-4-14-31-20-23/h3-11,14,19-20,25,28,32H,1-2,12-13,15-18,21H2,(H,33,36). The molecule has 1 unspecified atom stereocenters. The summed E-state index contributed by atoms with van der Waals surface area (Å²) in [5.74, 6) is -0.336. The summed E-state index contributed by atoms with van der Waals surface area (Å²) in [5, 5.41) is 6.79. The van der Waals surface area contributed by atoms with Crippen LogP contribution in [0.15, 0.2) is 73.1 Å². The van der Waals surface area contributed by atoms with Gasteiger partial charge in [-0.05, 0) is 86.8 Å². The first-order valence-corrected chi connectivity index (χ1v) is 12.9. The van der Waals surface area contributed by atoms with Crippen molar-refractivity contribution in [3.63, 3.8) is 0 Å². The zero-order valence-electron chi connectivity index (χ0n) is 20.6. The fourth-order valence-electron chi connectivity index (χ4n) is 5.30. The largest absolute Gasteiger partial charge is 0.371 e. The number of nitrogens with one attached hydrogen (secondary N) is 2. The number of carbonyl (C=O) groups excluding carboxylic acids is 1. The van der Waals surface area contributed by atoms with E-state index in [9.17, 15) is 9.18 Å². The molecule has 0 saturated carbocycles. The lowest BCUT2D eigenvalue weighted by Gasteiger charge is -2.36. The summed E-state index contributed by atoms with van der Waals surface area (Å²) >= 11 is 0. The first-order chi connectivity index (χ1) is 17.7. The van der Waals surface area contributed by atoms with Gasteiger partial charge in [-0.15, -0.1) is 0 Å². The van der Waals surface area contributed by atoms with E-state index in [0.29, 0.717) is 11.6 Å². The zero-order valence-corrected chi connectivity index (χ0v) is 20.6. The third-order valence-corrected chi connectivity index (χ3v) is 7.32. The summed E-state index contributed by atoms with van der Waals surface area (Å²) in [6.45, 7) is 5.02. The first-order valence-electron chi connectivity index (χ1n) is 12.9. The molecule has 1 aromatic heterocycles. The third-order valence-electron chi connectivity index (χ3n) is 7.32. The van der Waals surface area contributed by atoms with E-state index < -0.39 is 0 Å². The van der Waals surface area contributed by atoms with Gasteiger partial charge < -0.3 is 15.5 Å². The lowest BCUT2D eigenvalue weighted by molar-refractivity contribution is 0.102. The Hall–Kier alpha value is -3.29. The molecule has 5 rings (SSSR count). The van der Waals surface area contributed by atoms with Gasteiger partial charge >= 0.3 is 0 Å². The fourth-order valence-corrected chi connectivity index (χ4v) is 5.30. The Morgan fingerprint density at radius 3 is 2.50 bits per heavy atom. The predicted octanol–water partition coefficient (Wildman–Crippen LogP) is 4.87. The number of rotatable bonds is 8. The highest BCUT2D eigenvalue weighted by molar-refractivity contribution is 6.04. The summed E-state index contributed by atoms with van der Waals surface area (Å²) in [5.41, 5.74) is 3.64. The Balaban J connectivity index is 1.15. The van der Waals surface area contributed by atoms with Gasteiger partial charge in [0, 0.05) is 55.5 Å². The van der Waals surface area contributed by atoms with E-state index in [4.69, 9.17) is 0 Å². The molecular formula is C29H34FN5O. The van der Waals surface area contributed by atoms with Crippen molar-refractivity contribution in [3.8, 4) is 0 Å². The van der Waals surface area contributed by atoms with E-state index in [2.05, 4.69) is 31.5 Å². The third kappa shape index (κ3) is 6.09. The molecule has 3 aromatic rings. The van der Waals surface area contributed by atoms with Crippen molar-refractivity contribution in [1.29, 1.82) is 0 Å². The van der Waals surface area contributed by atoms with Gasteiger partial charge in [0.1, 0.15) is 5.82 Å². The van der Waals surface area contributed by atoms with Crippen LogP contribution < -0.4 is 15.5 Å². The SMILES string of the molecule is O=C(Nc1cccc(N2CCC(NCC(c3ccc(F)cc3)N3CCCC3)CC2)c1)c1cccnc1. The van der Waals surface area contributed by atoms with Crippen LogP contribution >= 0.6 is 0 Å². The highest BCUT2D eigenvalue weighted by Crippen LogP contribution is 2.27. The molecule has 2 aromatic carbocycles. The summed E-state index contributed by atoms with van der Waals surface area (Å²) in [4.78, 5) is 21.4.